The molecule has 5 rings (SSSR count). The number of halogens is 3. The summed E-state index contributed by atoms with van der Waals surface area (Å²) in [5.74, 6) is 1.10. The second-order valence-corrected chi connectivity index (χ2v) is 9.83. The van der Waals surface area contributed by atoms with Crippen LogP contribution in [0.25, 0.3) is 0 Å². The highest BCUT2D eigenvalue weighted by Gasteiger charge is 2.33. The Morgan fingerprint density at radius 1 is 1.08 bits per heavy atom. The van der Waals surface area contributed by atoms with Crippen LogP contribution in [0.4, 0.5) is 24.9 Å². The molecule has 0 N–H and O–H groups in total. The van der Waals surface area contributed by atoms with Crippen molar-refractivity contribution in [2.45, 2.75) is 57.3 Å². The minimum atomic E-state index is -4.50. The van der Waals surface area contributed by atoms with Crippen molar-refractivity contribution in [1.82, 2.24) is 14.9 Å². The molecule has 36 heavy (non-hydrogen) atoms. The van der Waals surface area contributed by atoms with Crippen molar-refractivity contribution in [3.05, 3.63) is 46.6 Å². The molecule has 2 aromatic rings. The highest BCUT2D eigenvalue weighted by Crippen LogP contribution is 2.33. The molecule has 2 fully saturated rings. The van der Waals surface area contributed by atoms with E-state index in [4.69, 9.17) is 14.7 Å². The van der Waals surface area contributed by atoms with Crippen LogP contribution in [0, 0.1) is 0 Å². The lowest BCUT2D eigenvalue weighted by molar-refractivity contribution is -0.137. The predicted molar refractivity (Wildman–Crippen MR) is 130 cm³/mol. The lowest BCUT2D eigenvalue weighted by Gasteiger charge is -2.37. The summed E-state index contributed by atoms with van der Waals surface area (Å²) in [5.41, 5.74) is 1.01. The van der Waals surface area contributed by atoms with Crippen molar-refractivity contribution in [3.8, 4) is 0 Å². The number of amides is 1. The monoisotopic (exact) mass is 503 g/mol. The summed E-state index contributed by atoms with van der Waals surface area (Å²) in [6.07, 6.45) is 1.98. The van der Waals surface area contributed by atoms with Crippen LogP contribution in [0.1, 0.15) is 59.3 Å². The standard InChI is InChI=1S/C26H32F3N5O2/c1-32(20-8-3-2-4-9-20)25-30-22-10-11-34(17-21(22)23(31-25)33-12-14-36-15-13-33)24(35)18-6-5-7-19(16-18)26(27,28)29/h5-7,16,20H,2-4,8-15,17H2,1H3. The van der Waals surface area contributed by atoms with Crippen LogP contribution >= 0.6 is 0 Å². The molecule has 1 aliphatic carbocycles. The van der Waals surface area contributed by atoms with E-state index in [2.05, 4.69) is 16.8 Å². The van der Waals surface area contributed by atoms with Crippen LogP contribution < -0.4 is 9.80 Å². The second kappa shape index (κ2) is 10.2. The van der Waals surface area contributed by atoms with Crippen molar-refractivity contribution in [1.29, 1.82) is 0 Å². The van der Waals surface area contributed by atoms with Crippen LogP contribution in [0.5, 0.6) is 0 Å². The van der Waals surface area contributed by atoms with Gasteiger partial charge in [0.1, 0.15) is 5.82 Å². The number of aromatic nitrogens is 2. The van der Waals surface area contributed by atoms with Crippen molar-refractivity contribution in [2.75, 3.05) is 49.7 Å². The van der Waals surface area contributed by atoms with Gasteiger partial charge in [0.05, 0.1) is 31.0 Å². The van der Waals surface area contributed by atoms with Gasteiger partial charge in [0.25, 0.3) is 5.91 Å². The Kier molecular flexibility index (Phi) is 7.05. The molecule has 0 bridgehead atoms. The fraction of sp³-hybridized carbons (Fsp3) is 0.577. The Labute approximate surface area is 209 Å². The average Bonchev–Trinajstić information content (AvgIpc) is 2.92. The molecule has 1 amide bonds. The quantitative estimate of drug-likeness (QED) is 0.620. The third kappa shape index (κ3) is 5.14. The first-order valence-electron chi connectivity index (χ1n) is 12.7. The second-order valence-electron chi connectivity index (χ2n) is 9.83. The first kappa shape index (κ1) is 24.8. The smallest absolute Gasteiger partial charge is 0.378 e. The Morgan fingerprint density at radius 2 is 1.83 bits per heavy atom. The number of morpholine rings is 1. The molecule has 0 spiro atoms. The zero-order chi connectivity index (χ0) is 25.3. The molecule has 1 aromatic heterocycles. The minimum absolute atomic E-state index is 0.0377. The summed E-state index contributed by atoms with van der Waals surface area (Å²) < 4.78 is 45.2. The molecule has 0 radical (unpaired) electrons. The number of hydrogen-bond donors (Lipinski definition) is 0. The lowest BCUT2D eigenvalue weighted by atomic mass is 9.95. The zero-order valence-electron chi connectivity index (χ0n) is 20.6. The number of carbonyl (C=O) groups excluding carboxylic acids is 1. The van der Waals surface area contributed by atoms with E-state index in [-0.39, 0.29) is 12.1 Å². The van der Waals surface area contributed by atoms with E-state index in [1.807, 2.05) is 0 Å². The molecule has 2 aliphatic heterocycles. The molecule has 3 heterocycles. The van der Waals surface area contributed by atoms with Gasteiger partial charge in [-0.15, -0.1) is 0 Å². The van der Waals surface area contributed by atoms with Gasteiger partial charge in [-0.1, -0.05) is 25.3 Å². The number of anilines is 2. The van der Waals surface area contributed by atoms with E-state index >= 15 is 0 Å². The number of hydrogen-bond acceptors (Lipinski definition) is 6. The predicted octanol–water partition coefficient (Wildman–Crippen LogP) is 4.30. The average molecular weight is 504 g/mol. The molecular formula is C26H32F3N5O2. The van der Waals surface area contributed by atoms with Gasteiger partial charge in [-0.2, -0.15) is 18.2 Å². The summed E-state index contributed by atoms with van der Waals surface area (Å²) in [7, 11) is 2.06. The topological polar surface area (TPSA) is 61.8 Å². The number of ether oxygens (including phenoxy) is 1. The number of rotatable bonds is 4. The fourth-order valence-corrected chi connectivity index (χ4v) is 5.39. The SMILES string of the molecule is CN(c1nc2c(c(N3CCOCC3)n1)CN(C(=O)c1cccc(C(F)(F)F)c1)CC2)C1CCCCC1. The molecule has 1 saturated heterocycles. The molecule has 0 unspecified atom stereocenters. The largest absolute Gasteiger partial charge is 0.416 e. The van der Waals surface area contributed by atoms with Crippen molar-refractivity contribution in [2.24, 2.45) is 0 Å². The number of nitrogens with zero attached hydrogens (tertiary/aromatic N) is 5. The third-order valence-corrected chi connectivity index (χ3v) is 7.50. The van der Waals surface area contributed by atoms with Crippen LogP contribution in [0.3, 0.4) is 0 Å². The van der Waals surface area contributed by atoms with Gasteiger partial charge in [-0.3, -0.25) is 4.79 Å². The molecule has 7 nitrogen and oxygen atoms in total. The van der Waals surface area contributed by atoms with E-state index in [0.29, 0.717) is 51.3 Å². The van der Waals surface area contributed by atoms with Gasteiger partial charge < -0.3 is 19.4 Å². The summed E-state index contributed by atoms with van der Waals surface area (Å²) in [4.78, 5) is 29.1. The molecule has 0 atom stereocenters. The summed E-state index contributed by atoms with van der Waals surface area (Å²) in [6.45, 7) is 3.24. The van der Waals surface area contributed by atoms with E-state index in [0.717, 1.165) is 42.0 Å². The zero-order valence-corrected chi connectivity index (χ0v) is 20.6. The van der Waals surface area contributed by atoms with Crippen LogP contribution in [-0.2, 0) is 23.9 Å². The Balaban J connectivity index is 1.45. The van der Waals surface area contributed by atoms with Gasteiger partial charge >= 0.3 is 6.18 Å². The van der Waals surface area contributed by atoms with E-state index in [9.17, 15) is 18.0 Å². The third-order valence-electron chi connectivity index (χ3n) is 7.50. The maximum absolute atomic E-state index is 13.2. The number of carbonyl (C=O) groups is 1. The number of benzene rings is 1. The number of fused-ring (bicyclic) bond motifs is 1. The molecule has 1 aromatic carbocycles. The molecule has 194 valence electrons. The van der Waals surface area contributed by atoms with E-state index in [1.54, 1.807) is 4.90 Å². The van der Waals surface area contributed by atoms with Gasteiger partial charge in [0.15, 0.2) is 0 Å². The summed E-state index contributed by atoms with van der Waals surface area (Å²) >= 11 is 0. The molecule has 3 aliphatic rings. The summed E-state index contributed by atoms with van der Waals surface area (Å²) in [5, 5.41) is 0. The van der Waals surface area contributed by atoms with Gasteiger partial charge in [-0.05, 0) is 31.0 Å². The van der Waals surface area contributed by atoms with Crippen LogP contribution in [0.15, 0.2) is 24.3 Å². The van der Waals surface area contributed by atoms with Gasteiger partial charge in [0, 0.05) is 50.3 Å². The summed E-state index contributed by atoms with van der Waals surface area (Å²) in [6, 6.07) is 5.05. The number of alkyl halides is 3. The van der Waals surface area contributed by atoms with Crippen molar-refractivity contribution in [3.63, 3.8) is 0 Å². The Hall–Kier alpha value is -2.88. The maximum Gasteiger partial charge on any atom is 0.416 e. The minimum Gasteiger partial charge on any atom is -0.378 e. The molecule has 10 heteroatoms. The molecule has 1 saturated carbocycles. The van der Waals surface area contributed by atoms with Gasteiger partial charge in [-0.25, -0.2) is 4.98 Å². The molecular weight excluding hydrogens is 471 g/mol. The normalized spacial score (nSPS) is 19.2. The van der Waals surface area contributed by atoms with Crippen LogP contribution in [-0.4, -0.2) is 66.7 Å². The Bertz CT molecular complexity index is 1100. The van der Waals surface area contributed by atoms with Crippen LogP contribution in [0.2, 0.25) is 0 Å². The first-order valence-corrected chi connectivity index (χ1v) is 12.7. The highest BCUT2D eigenvalue weighted by atomic mass is 19.4. The van der Waals surface area contributed by atoms with E-state index in [1.165, 1.54) is 31.4 Å². The first-order chi connectivity index (χ1) is 17.3. The fourth-order valence-electron chi connectivity index (χ4n) is 5.39. The lowest BCUT2D eigenvalue weighted by Crippen LogP contribution is -2.42. The van der Waals surface area contributed by atoms with E-state index < -0.39 is 17.6 Å². The Morgan fingerprint density at radius 3 is 2.56 bits per heavy atom. The maximum atomic E-state index is 13.2. The highest BCUT2D eigenvalue weighted by molar-refractivity contribution is 5.94. The van der Waals surface area contributed by atoms with Crippen molar-refractivity contribution >= 4 is 17.7 Å². The van der Waals surface area contributed by atoms with Gasteiger partial charge in [0.2, 0.25) is 5.95 Å². The van der Waals surface area contributed by atoms with Crippen molar-refractivity contribution < 1.29 is 22.7 Å².